The SMILES string of the molecule is C=C1CC[C@H](N2C(=O)c3ccc(N4CC(CN5CCC(C(=O)N[C@@H]6CCCN(c7cnc(C(N)=O)c(Nc8cnn(C)c8)n7)C6)CC5)C4)cc3C2=O)C(=O)N1. The number of nitrogens with zero attached hydrogens (tertiary/aromatic N) is 8. The molecule has 0 aliphatic carbocycles. The van der Waals surface area contributed by atoms with E-state index in [0.29, 0.717) is 53.6 Å². The standard InChI is InChI=1S/C38H46N12O5/c1-22-5-8-30(36(53)42-22)50-37(54)28-7-6-27(14-29(28)38(50)55)49-18-23(19-49)17-47-12-9-24(10-13-47)35(52)44-25-4-3-11-48(21-25)31-16-40-32(33(39)51)34(45-31)43-26-15-41-46(2)20-26/h6-7,14-16,20,23-25,30H,1,3-5,8-13,17-19,21H2,2H3,(H2,39,51)(H,42,53)(H,43,45)(H,44,52)/t25-,30+/m1/s1. The van der Waals surface area contributed by atoms with Crippen LogP contribution in [0.25, 0.3) is 0 Å². The maximum absolute atomic E-state index is 13.4. The van der Waals surface area contributed by atoms with Crippen molar-refractivity contribution in [1.82, 2.24) is 40.2 Å². The minimum absolute atomic E-state index is 0.0319. The van der Waals surface area contributed by atoms with Gasteiger partial charge in [-0.25, -0.2) is 9.97 Å². The average Bonchev–Trinajstić information content (AvgIpc) is 3.67. The van der Waals surface area contributed by atoms with Gasteiger partial charge in [0.25, 0.3) is 17.7 Å². The summed E-state index contributed by atoms with van der Waals surface area (Å²) in [7, 11) is 1.79. The summed E-state index contributed by atoms with van der Waals surface area (Å²) >= 11 is 0. The van der Waals surface area contributed by atoms with Crippen LogP contribution in [0.5, 0.6) is 0 Å². The Morgan fingerprint density at radius 1 is 0.982 bits per heavy atom. The van der Waals surface area contributed by atoms with Crippen LogP contribution >= 0.6 is 0 Å². The van der Waals surface area contributed by atoms with E-state index in [1.54, 1.807) is 42.5 Å². The fraction of sp³-hybridized carbons (Fsp3) is 0.474. The smallest absolute Gasteiger partial charge is 0.271 e. The van der Waals surface area contributed by atoms with E-state index in [4.69, 9.17) is 5.73 Å². The van der Waals surface area contributed by atoms with Gasteiger partial charge < -0.3 is 36.4 Å². The zero-order chi connectivity index (χ0) is 38.4. The summed E-state index contributed by atoms with van der Waals surface area (Å²) in [6, 6.07) is 4.51. The lowest BCUT2D eigenvalue weighted by Crippen LogP contribution is -2.53. The molecule has 0 saturated carbocycles. The number of carbonyl (C=O) groups is 5. The number of anilines is 4. The van der Waals surface area contributed by atoms with E-state index in [1.807, 2.05) is 6.07 Å². The van der Waals surface area contributed by atoms with E-state index in [9.17, 15) is 24.0 Å². The van der Waals surface area contributed by atoms with E-state index in [2.05, 4.69) is 52.3 Å². The molecule has 1 aromatic carbocycles. The summed E-state index contributed by atoms with van der Waals surface area (Å²) < 4.78 is 1.63. The van der Waals surface area contributed by atoms with Crippen molar-refractivity contribution < 1.29 is 24.0 Å². The number of nitrogens with one attached hydrogen (secondary N) is 3. The van der Waals surface area contributed by atoms with Gasteiger partial charge in [-0.2, -0.15) is 5.10 Å². The Balaban J connectivity index is 0.794. The molecule has 8 rings (SSSR count). The summed E-state index contributed by atoms with van der Waals surface area (Å²) in [5, 5.41) is 13.2. The first kappa shape index (κ1) is 36.2. The minimum atomic E-state index is -0.825. The minimum Gasteiger partial charge on any atom is -0.371 e. The van der Waals surface area contributed by atoms with Gasteiger partial charge in [-0.05, 0) is 69.8 Å². The number of nitrogens with two attached hydrogens (primary N) is 1. The normalized spacial score (nSPS) is 22.4. The lowest BCUT2D eigenvalue weighted by Gasteiger charge is -2.44. The summed E-state index contributed by atoms with van der Waals surface area (Å²) in [6.45, 7) is 9.45. The molecule has 3 aromatic rings. The van der Waals surface area contributed by atoms with Crippen molar-refractivity contribution in [2.45, 2.75) is 50.6 Å². The Labute approximate surface area is 318 Å². The van der Waals surface area contributed by atoms with Gasteiger partial charge in [0.05, 0.1) is 29.2 Å². The van der Waals surface area contributed by atoms with Crippen LogP contribution in [-0.2, 0) is 16.6 Å². The second-order valence-corrected chi connectivity index (χ2v) is 15.3. The molecule has 4 fully saturated rings. The van der Waals surface area contributed by atoms with Gasteiger partial charge in [0.2, 0.25) is 11.8 Å². The summed E-state index contributed by atoms with van der Waals surface area (Å²) in [5.41, 5.74) is 8.45. The highest BCUT2D eigenvalue weighted by Gasteiger charge is 2.44. The third-order valence-corrected chi connectivity index (χ3v) is 11.4. The Kier molecular flexibility index (Phi) is 9.71. The molecule has 0 unspecified atom stereocenters. The highest BCUT2D eigenvalue weighted by Crippen LogP contribution is 2.34. The Bertz CT molecular complexity index is 2050. The van der Waals surface area contributed by atoms with Gasteiger partial charge in [-0.1, -0.05) is 6.58 Å². The van der Waals surface area contributed by atoms with Crippen LogP contribution < -0.4 is 31.5 Å². The van der Waals surface area contributed by atoms with Crippen LogP contribution in [0.15, 0.2) is 49.1 Å². The number of amides is 5. The topological polar surface area (TPSA) is 204 Å². The van der Waals surface area contributed by atoms with E-state index in [1.165, 1.54) is 0 Å². The number of imide groups is 1. The molecule has 0 radical (unpaired) electrons. The summed E-state index contributed by atoms with van der Waals surface area (Å²) in [5.74, 6) is -0.537. The van der Waals surface area contributed by atoms with Gasteiger partial charge >= 0.3 is 0 Å². The lowest BCUT2D eigenvalue weighted by molar-refractivity contribution is -0.127. The largest absolute Gasteiger partial charge is 0.371 e. The number of primary amides is 1. The number of hydrogen-bond acceptors (Lipinski definition) is 12. The molecule has 5 aliphatic rings. The highest BCUT2D eigenvalue weighted by atomic mass is 16.2. The molecule has 55 heavy (non-hydrogen) atoms. The van der Waals surface area contributed by atoms with E-state index in [-0.39, 0.29) is 35.3 Å². The van der Waals surface area contributed by atoms with Gasteiger partial charge in [-0.3, -0.25) is 33.6 Å². The Morgan fingerprint density at radius 3 is 2.49 bits per heavy atom. The van der Waals surface area contributed by atoms with Crippen LogP contribution in [-0.4, -0.2) is 117 Å². The van der Waals surface area contributed by atoms with Crippen molar-refractivity contribution in [3.8, 4) is 0 Å². The predicted molar refractivity (Wildman–Crippen MR) is 203 cm³/mol. The molecule has 2 aromatic heterocycles. The van der Waals surface area contributed by atoms with Crippen molar-refractivity contribution in [1.29, 1.82) is 0 Å². The van der Waals surface area contributed by atoms with Crippen LogP contribution in [0, 0.1) is 11.8 Å². The van der Waals surface area contributed by atoms with Crippen LogP contribution in [0.3, 0.4) is 0 Å². The van der Waals surface area contributed by atoms with E-state index >= 15 is 0 Å². The lowest BCUT2D eigenvalue weighted by atomic mass is 9.92. The third kappa shape index (κ3) is 7.35. The van der Waals surface area contributed by atoms with Crippen molar-refractivity contribution in [3.63, 3.8) is 0 Å². The Hall–Kier alpha value is -5.84. The molecule has 17 heteroatoms. The number of hydrogen-bond donors (Lipinski definition) is 4. The third-order valence-electron chi connectivity index (χ3n) is 11.4. The summed E-state index contributed by atoms with van der Waals surface area (Å²) in [4.78, 5) is 81.3. The van der Waals surface area contributed by atoms with Crippen molar-refractivity contribution in [2.24, 2.45) is 24.6 Å². The summed E-state index contributed by atoms with van der Waals surface area (Å²) in [6.07, 6.45) is 9.18. The van der Waals surface area contributed by atoms with Gasteiger partial charge in [0.1, 0.15) is 11.9 Å². The molecular formula is C38H46N12O5. The number of benzene rings is 1. The maximum atomic E-state index is 13.4. The molecule has 0 bridgehead atoms. The molecule has 7 heterocycles. The van der Waals surface area contributed by atoms with Crippen LogP contribution in [0.2, 0.25) is 0 Å². The van der Waals surface area contributed by atoms with Crippen LogP contribution in [0.4, 0.5) is 23.0 Å². The molecule has 4 saturated heterocycles. The molecule has 0 spiro atoms. The highest BCUT2D eigenvalue weighted by molar-refractivity contribution is 6.23. The van der Waals surface area contributed by atoms with Crippen molar-refractivity contribution in [3.05, 3.63) is 65.9 Å². The fourth-order valence-corrected chi connectivity index (χ4v) is 8.42. The quantitative estimate of drug-likeness (QED) is 0.217. The number of carbonyl (C=O) groups excluding carboxylic acids is 5. The molecule has 2 atom stereocenters. The van der Waals surface area contributed by atoms with Gasteiger partial charge in [0.15, 0.2) is 11.5 Å². The van der Waals surface area contributed by atoms with Crippen LogP contribution in [0.1, 0.15) is 69.7 Å². The maximum Gasteiger partial charge on any atom is 0.271 e. The average molecular weight is 751 g/mol. The second-order valence-electron chi connectivity index (χ2n) is 15.3. The number of rotatable bonds is 10. The number of fused-ring (bicyclic) bond motifs is 1. The van der Waals surface area contributed by atoms with Gasteiger partial charge in [-0.15, -0.1) is 0 Å². The molecular weight excluding hydrogens is 704 g/mol. The zero-order valence-electron chi connectivity index (χ0n) is 30.9. The molecule has 288 valence electrons. The first-order valence-corrected chi connectivity index (χ1v) is 19.0. The number of piperidine rings is 3. The van der Waals surface area contributed by atoms with Gasteiger partial charge in [0, 0.05) is 75.2 Å². The molecule has 17 nitrogen and oxygen atoms in total. The van der Waals surface area contributed by atoms with E-state index in [0.717, 1.165) is 75.5 Å². The van der Waals surface area contributed by atoms with Crippen molar-refractivity contribution >= 4 is 52.5 Å². The number of allylic oxidation sites excluding steroid dienone is 1. The zero-order valence-corrected chi connectivity index (χ0v) is 30.9. The molecule has 5 N–H and O–H groups in total. The first-order chi connectivity index (χ1) is 26.5. The first-order valence-electron chi connectivity index (χ1n) is 19.0. The molecule has 5 aliphatic heterocycles. The molecule has 5 amide bonds. The monoisotopic (exact) mass is 750 g/mol. The van der Waals surface area contributed by atoms with Crippen molar-refractivity contribution in [2.75, 3.05) is 60.9 Å². The second kappa shape index (κ2) is 14.8. The number of aryl methyl sites for hydroxylation is 1. The number of aromatic nitrogens is 4. The van der Waals surface area contributed by atoms with E-state index < -0.39 is 23.8 Å². The fourth-order valence-electron chi connectivity index (χ4n) is 8.42. The predicted octanol–water partition coefficient (Wildman–Crippen LogP) is 1.37. The number of likely N-dealkylation sites (tertiary alicyclic amines) is 1. The Morgan fingerprint density at radius 2 is 1.76 bits per heavy atom.